The number of hydrogen-bond acceptors (Lipinski definition) is 4. The number of nitrogens with two attached hydrogens (primary N) is 1. The molecule has 1 rings (SSSR count). The van der Waals surface area contributed by atoms with Crippen LogP contribution in [0.2, 0.25) is 0 Å². The van der Waals surface area contributed by atoms with Gasteiger partial charge in [0, 0.05) is 18.0 Å². The van der Waals surface area contributed by atoms with Crippen molar-refractivity contribution in [3.05, 3.63) is 22.4 Å². The second kappa shape index (κ2) is 8.94. The van der Waals surface area contributed by atoms with Crippen molar-refractivity contribution in [1.29, 1.82) is 0 Å². The maximum Gasteiger partial charge on any atom is 0.326 e. The van der Waals surface area contributed by atoms with Crippen molar-refractivity contribution in [3.63, 3.8) is 0 Å². The van der Waals surface area contributed by atoms with Gasteiger partial charge in [0.1, 0.15) is 6.04 Å². The maximum absolute atomic E-state index is 10.8. The number of thiophene rings is 1. The van der Waals surface area contributed by atoms with Crippen LogP contribution in [0.4, 0.5) is 0 Å². The average Bonchev–Trinajstić information content (AvgIpc) is 2.57. The summed E-state index contributed by atoms with van der Waals surface area (Å²) >= 11 is 1.43. The third kappa shape index (κ3) is 5.34. The molecule has 4 nitrogen and oxygen atoms in total. The van der Waals surface area contributed by atoms with Gasteiger partial charge >= 0.3 is 5.97 Å². The molecule has 0 saturated carbocycles. The van der Waals surface area contributed by atoms with E-state index in [0.29, 0.717) is 13.1 Å². The van der Waals surface area contributed by atoms with E-state index < -0.39 is 12.0 Å². The smallest absolute Gasteiger partial charge is 0.326 e. The molecule has 0 radical (unpaired) electrons. The molecule has 0 aliphatic rings. The van der Waals surface area contributed by atoms with Crippen molar-refractivity contribution in [2.45, 2.75) is 6.04 Å². The molecule has 7 heteroatoms. The van der Waals surface area contributed by atoms with E-state index >= 15 is 0 Å². The molecule has 0 bridgehead atoms. The van der Waals surface area contributed by atoms with Gasteiger partial charge in [0.2, 0.25) is 0 Å². The minimum absolute atomic E-state index is 0. The summed E-state index contributed by atoms with van der Waals surface area (Å²) in [6.07, 6.45) is 0. The third-order valence-electron chi connectivity index (χ3n) is 1.57. The molecule has 1 unspecified atom stereocenters. The minimum Gasteiger partial charge on any atom is -0.480 e. The van der Waals surface area contributed by atoms with Crippen LogP contribution in [0.5, 0.6) is 0 Å². The van der Waals surface area contributed by atoms with E-state index in [1.807, 2.05) is 11.4 Å². The summed E-state index contributed by atoms with van der Waals surface area (Å²) < 4.78 is 0. The Bertz CT molecular complexity index is 270. The van der Waals surface area contributed by atoms with Crippen LogP contribution in [0.1, 0.15) is 10.9 Å². The number of carbonyl (C=O) groups is 1. The molecular formula is C8H14Cl2N2O2S. The molecule has 0 amide bonds. The number of hydrogen-bond donors (Lipinski definition) is 3. The van der Waals surface area contributed by atoms with Crippen molar-refractivity contribution >= 4 is 42.1 Å². The highest BCUT2D eigenvalue weighted by atomic mass is 35.5. The zero-order valence-electron chi connectivity index (χ0n) is 7.88. The van der Waals surface area contributed by atoms with Gasteiger partial charge in [-0.3, -0.25) is 10.1 Å². The normalized spacial score (nSPS) is 11.0. The standard InChI is InChI=1S/C8H12N2O2S.2ClH/c9-3-4-10-7(8(11)12)6-2-1-5-13-6;;/h1-2,5,7,10H,3-4,9H2,(H,11,12);2*1H. The lowest BCUT2D eigenvalue weighted by atomic mass is 10.2. The molecule has 0 spiro atoms. The Balaban J connectivity index is 0. The summed E-state index contributed by atoms with van der Waals surface area (Å²) in [7, 11) is 0. The molecule has 0 fully saturated rings. The molecule has 1 atom stereocenters. The van der Waals surface area contributed by atoms with Crippen LogP contribution in [0, 0.1) is 0 Å². The molecule has 0 aliphatic carbocycles. The van der Waals surface area contributed by atoms with E-state index in [0.717, 1.165) is 4.88 Å². The molecule has 88 valence electrons. The Kier molecular flexibility index (Phi) is 10.2. The Morgan fingerprint density at radius 2 is 2.27 bits per heavy atom. The van der Waals surface area contributed by atoms with Gasteiger partial charge in [-0.05, 0) is 11.4 Å². The SMILES string of the molecule is Cl.Cl.NCCNC(C(=O)O)c1cccs1. The van der Waals surface area contributed by atoms with Gasteiger partial charge in [-0.15, -0.1) is 36.2 Å². The van der Waals surface area contributed by atoms with Crippen molar-refractivity contribution < 1.29 is 9.90 Å². The van der Waals surface area contributed by atoms with E-state index in [-0.39, 0.29) is 24.8 Å². The van der Waals surface area contributed by atoms with Crippen LogP contribution < -0.4 is 11.1 Å². The fourth-order valence-corrected chi connectivity index (χ4v) is 1.78. The van der Waals surface area contributed by atoms with Gasteiger partial charge in [0.05, 0.1) is 0 Å². The second-order valence-electron chi connectivity index (χ2n) is 2.53. The molecule has 1 aromatic heterocycles. The molecular weight excluding hydrogens is 259 g/mol. The highest BCUT2D eigenvalue weighted by Crippen LogP contribution is 2.18. The number of nitrogens with one attached hydrogen (secondary N) is 1. The van der Waals surface area contributed by atoms with Gasteiger partial charge in [0.15, 0.2) is 0 Å². The molecule has 4 N–H and O–H groups in total. The average molecular weight is 273 g/mol. The van der Waals surface area contributed by atoms with Crippen LogP contribution >= 0.6 is 36.2 Å². The van der Waals surface area contributed by atoms with Crippen molar-refractivity contribution in [2.24, 2.45) is 5.73 Å². The van der Waals surface area contributed by atoms with Gasteiger partial charge in [-0.25, -0.2) is 0 Å². The highest BCUT2D eigenvalue weighted by molar-refractivity contribution is 7.10. The maximum atomic E-state index is 10.8. The fourth-order valence-electron chi connectivity index (χ4n) is 0.993. The zero-order chi connectivity index (χ0) is 9.68. The van der Waals surface area contributed by atoms with Crippen molar-refractivity contribution in [1.82, 2.24) is 5.32 Å². The summed E-state index contributed by atoms with van der Waals surface area (Å²) in [5.74, 6) is -0.865. The molecule has 0 aliphatic heterocycles. The first kappa shape index (κ1) is 17.1. The van der Waals surface area contributed by atoms with Gasteiger partial charge < -0.3 is 10.8 Å². The van der Waals surface area contributed by atoms with Crippen LogP contribution in [0.3, 0.4) is 0 Å². The first-order chi connectivity index (χ1) is 6.25. The number of rotatable bonds is 5. The summed E-state index contributed by atoms with van der Waals surface area (Å²) in [6.45, 7) is 0.948. The number of carboxylic acids is 1. The van der Waals surface area contributed by atoms with E-state index in [2.05, 4.69) is 5.32 Å². The lowest BCUT2D eigenvalue weighted by Gasteiger charge is -2.11. The van der Waals surface area contributed by atoms with Crippen molar-refractivity contribution in [2.75, 3.05) is 13.1 Å². The van der Waals surface area contributed by atoms with E-state index in [4.69, 9.17) is 10.8 Å². The number of carboxylic acid groups (broad SMARTS) is 1. The predicted octanol–water partition coefficient (Wildman–Crippen LogP) is 1.27. The Hall–Kier alpha value is -0.330. The molecule has 0 saturated heterocycles. The first-order valence-corrected chi connectivity index (χ1v) is 4.83. The molecule has 1 heterocycles. The lowest BCUT2D eigenvalue weighted by molar-refractivity contribution is -0.139. The van der Waals surface area contributed by atoms with Crippen LogP contribution in [0.25, 0.3) is 0 Å². The highest BCUT2D eigenvalue weighted by Gasteiger charge is 2.18. The monoisotopic (exact) mass is 272 g/mol. The quantitative estimate of drug-likeness (QED) is 0.755. The summed E-state index contributed by atoms with van der Waals surface area (Å²) in [4.78, 5) is 11.6. The summed E-state index contributed by atoms with van der Waals surface area (Å²) in [6, 6.07) is 3.01. The summed E-state index contributed by atoms with van der Waals surface area (Å²) in [5.41, 5.74) is 5.28. The zero-order valence-corrected chi connectivity index (χ0v) is 10.3. The summed E-state index contributed by atoms with van der Waals surface area (Å²) in [5, 5.41) is 13.6. The van der Waals surface area contributed by atoms with Crippen molar-refractivity contribution in [3.8, 4) is 0 Å². The van der Waals surface area contributed by atoms with Crippen LogP contribution in [0.15, 0.2) is 17.5 Å². The van der Waals surface area contributed by atoms with Crippen LogP contribution in [-0.2, 0) is 4.79 Å². The van der Waals surface area contributed by atoms with E-state index in [1.54, 1.807) is 6.07 Å². The van der Waals surface area contributed by atoms with Gasteiger partial charge in [0.25, 0.3) is 0 Å². The topological polar surface area (TPSA) is 75.3 Å². The van der Waals surface area contributed by atoms with E-state index in [9.17, 15) is 4.79 Å². The Morgan fingerprint density at radius 1 is 1.60 bits per heavy atom. The fraction of sp³-hybridized carbons (Fsp3) is 0.375. The van der Waals surface area contributed by atoms with Gasteiger partial charge in [-0.1, -0.05) is 6.07 Å². The second-order valence-corrected chi connectivity index (χ2v) is 3.51. The third-order valence-corrected chi connectivity index (χ3v) is 2.50. The first-order valence-electron chi connectivity index (χ1n) is 3.95. The van der Waals surface area contributed by atoms with Gasteiger partial charge in [-0.2, -0.15) is 0 Å². The minimum atomic E-state index is -0.865. The molecule has 0 aromatic carbocycles. The number of halogens is 2. The van der Waals surface area contributed by atoms with E-state index in [1.165, 1.54) is 11.3 Å². The molecule has 15 heavy (non-hydrogen) atoms. The lowest BCUT2D eigenvalue weighted by Crippen LogP contribution is -2.31. The number of aliphatic carboxylic acids is 1. The molecule has 1 aromatic rings. The largest absolute Gasteiger partial charge is 0.480 e. The Labute approximate surface area is 105 Å². The predicted molar refractivity (Wildman–Crippen MR) is 66.2 cm³/mol. The Morgan fingerprint density at radius 3 is 2.67 bits per heavy atom. The van der Waals surface area contributed by atoms with Crippen LogP contribution in [-0.4, -0.2) is 24.2 Å².